The van der Waals surface area contributed by atoms with Gasteiger partial charge in [-0.1, -0.05) is 84.7 Å². The Hall–Kier alpha value is -0.670. The van der Waals surface area contributed by atoms with Gasteiger partial charge < -0.3 is 4.90 Å². The lowest BCUT2D eigenvalue weighted by Crippen LogP contribution is -2.28. The standard InChI is InChI=1S/C17H20NPS3/c1-3-18(4-2)17(20)22-19(21,15-11-7-5-8-12-15)16-13-9-6-10-14-16/h5-14H,3-4H2,1-2H3. The molecule has 2 rings (SSSR count). The number of hydrogen-bond acceptors (Lipinski definition) is 3. The summed E-state index contributed by atoms with van der Waals surface area (Å²) in [5.74, 6) is 0. The van der Waals surface area contributed by atoms with Crippen molar-refractivity contribution in [3.05, 3.63) is 60.7 Å². The fraction of sp³-hybridized carbons (Fsp3) is 0.235. The minimum atomic E-state index is -1.99. The monoisotopic (exact) mass is 365 g/mol. The van der Waals surface area contributed by atoms with E-state index in [-0.39, 0.29) is 0 Å². The highest BCUT2D eigenvalue weighted by Crippen LogP contribution is 2.57. The van der Waals surface area contributed by atoms with E-state index in [1.165, 1.54) is 10.6 Å². The van der Waals surface area contributed by atoms with Crippen molar-refractivity contribution in [2.24, 2.45) is 0 Å². The molecule has 0 aliphatic carbocycles. The van der Waals surface area contributed by atoms with Gasteiger partial charge in [0, 0.05) is 13.1 Å². The molecule has 0 fully saturated rings. The van der Waals surface area contributed by atoms with Crippen LogP contribution in [-0.2, 0) is 11.8 Å². The molecular weight excluding hydrogens is 345 g/mol. The van der Waals surface area contributed by atoms with Gasteiger partial charge in [-0.3, -0.25) is 0 Å². The molecule has 0 amide bonds. The van der Waals surface area contributed by atoms with Gasteiger partial charge in [0.05, 0.1) is 5.24 Å². The maximum absolute atomic E-state index is 6.19. The summed E-state index contributed by atoms with van der Waals surface area (Å²) in [7, 11) is 0. The normalized spacial score (nSPS) is 11.2. The van der Waals surface area contributed by atoms with E-state index in [2.05, 4.69) is 67.3 Å². The van der Waals surface area contributed by atoms with Crippen LogP contribution in [0.2, 0.25) is 0 Å². The lowest BCUT2D eigenvalue weighted by molar-refractivity contribution is 0.482. The second-order valence-corrected chi connectivity index (χ2v) is 12.6. The Morgan fingerprint density at radius 3 is 1.68 bits per heavy atom. The molecule has 0 saturated heterocycles. The summed E-state index contributed by atoms with van der Waals surface area (Å²) in [6.45, 7) is 6.10. The zero-order valence-electron chi connectivity index (χ0n) is 12.8. The van der Waals surface area contributed by atoms with Crippen LogP contribution in [0.5, 0.6) is 0 Å². The zero-order valence-corrected chi connectivity index (χ0v) is 16.2. The van der Waals surface area contributed by atoms with Gasteiger partial charge in [-0.05, 0) is 35.8 Å². The molecule has 0 radical (unpaired) electrons. The molecule has 0 N–H and O–H groups in total. The molecule has 0 aromatic heterocycles. The van der Waals surface area contributed by atoms with Crippen molar-refractivity contribution in [2.45, 2.75) is 13.8 Å². The molecule has 0 spiro atoms. The van der Waals surface area contributed by atoms with E-state index >= 15 is 0 Å². The van der Waals surface area contributed by atoms with Crippen molar-refractivity contribution in [1.29, 1.82) is 0 Å². The van der Waals surface area contributed by atoms with E-state index < -0.39 is 5.24 Å². The highest BCUT2D eigenvalue weighted by molar-refractivity contribution is 8.81. The third-order valence-electron chi connectivity index (χ3n) is 3.42. The van der Waals surface area contributed by atoms with E-state index in [1.54, 1.807) is 11.4 Å². The molecule has 0 bridgehead atoms. The van der Waals surface area contributed by atoms with Gasteiger partial charge in [0.2, 0.25) is 0 Å². The molecule has 2 aromatic rings. The van der Waals surface area contributed by atoms with E-state index in [0.29, 0.717) is 0 Å². The first kappa shape index (κ1) is 17.7. The van der Waals surface area contributed by atoms with Gasteiger partial charge in [-0.15, -0.1) is 0 Å². The summed E-state index contributed by atoms with van der Waals surface area (Å²) in [4.78, 5) is 2.20. The first-order valence-corrected chi connectivity index (χ1v) is 11.9. The molecule has 22 heavy (non-hydrogen) atoms. The van der Waals surface area contributed by atoms with Gasteiger partial charge in [-0.2, -0.15) is 0 Å². The Morgan fingerprint density at radius 1 is 0.909 bits per heavy atom. The van der Waals surface area contributed by atoms with Gasteiger partial charge in [0.25, 0.3) is 0 Å². The van der Waals surface area contributed by atoms with Crippen LogP contribution in [0, 0.1) is 0 Å². The van der Waals surface area contributed by atoms with Crippen LogP contribution in [-0.4, -0.2) is 22.3 Å². The summed E-state index contributed by atoms with van der Waals surface area (Å²) >= 11 is 13.6. The summed E-state index contributed by atoms with van der Waals surface area (Å²) in [6.07, 6.45) is 0. The summed E-state index contributed by atoms with van der Waals surface area (Å²) in [5, 5.41) is 0.415. The smallest absolute Gasteiger partial charge is 0.141 e. The van der Waals surface area contributed by atoms with Crippen LogP contribution in [0.1, 0.15) is 13.8 Å². The molecule has 0 atom stereocenters. The maximum atomic E-state index is 6.19. The third kappa shape index (κ3) is 3.99. The Bertz CT molecular complexity index is 611. The summed E-state index contributed by atoms with van der Waals surface area (Å²) in [5.41, 5.74) is 0. The highest BCUT2D eigenvalue weighted by Gasteiger charge is 2.26. The molecule has 2 aromatic carbocycles. The molecule has 116 valence electrons. The summed E-state index contributed by atoms with van der Waals surface area (Å²) < 4.78 is 0.904. The SMILES string of the molecule is CCN(CC)C(=S)SP(=S)(c1ccccc1)c1ccccc1. The van der Waals surface area contributed by atoms with Crippen LogP contribution in [0.25, 0.3) is 0 Å². The van der Waals surface area contributed by atoms with Gasteiger partial charge in [0.1, 0.15) is 4.32 Å². The first-order valence-electron chi connectivity index (χ1n) is 7.31. The molecule has 1 nitrogen and oxygen atoms in total. The molecule has 0 aliphatic heterocycles. The van der Waals surface area contributed by atoms with Crippen LogP contribution < -0.4 is 10.6 Å². The van der Waals surface area contributed by atoms with Gasteiger partial charge in [-0.25, -0.2) is 0 Å². The van der Waals surface area contributed by atoms with Crippen molar-refractivity contribution >= 4 is 55.6 Å². The minimum Gasteiger partial charge on any atom is -0.358 e. The number of benzene rings is 2. The first-order chi connectivity index (χ1) is 10.6. The molecular formula is C17H20NPS3. The highest BCUT2D eigenvalue weighted by atomic mass is 32.9. The Balaban J connectivity index is 2.44. The predicted molar refractivity (Wildman–Crippen MR) is 110 cm³/mol. The number of rotatable bonds is 5. The molecule has 0 unspecified atom stereocenters. The Labute approximate surface area is 147 Å². The van der Waals surface area contributed by atoms with E-state index in [4.69, 9.17) is 24.0 Å². The summed E-state index contributed by atoms with van der Waals surface area (Å²) in [6, 6.07) is 20.8. The third-order valence-corrected chi connectivity index (χ3v) is 11.4. The molecule has 5 heteroatoms. The van der Waals surface area contributed by atoms with Crippen molar-refractivity contribution in [3.63, 3.8) is 0 Å². The van der Waals surface area contributed by atoms with E-state index in [0.717, 1.165) is 17.4 Å². The topological polar surface area (TPSA) is 3.24 Å². The van der Waals surface area contributed by atoms with Crippen molar-refractivity contribution in [2.75, 3.05) is 13.1 Å². The van der Waals surface area contributed by atoms with Gasteiger partial charge >= 0.3 is 0 Å². The van der Waals surface area contributed by atoms with Crippen molar-refractivity contribution in [1.82, 2.24) is 4.90 Å². The Morgan fingerprint density at radius 2 is 1.32 bits per heavy atom. The second-order valence-electron chi connectivity index (χ2n) is 4.75. The largest absolute Gasteiger partial charge is 0.358 e. The maximum Gasteiger partial charge on any atom is 0.141 e. The molecule has 0 heterocycles. The zero-order chi connectivity index (χ0) is 16.0. The fourth-order valence-corrected chi connectivity index (χ4v) is 9.81. The van der Waals surface area contributed by atoms with Crippen molar-refractivity contribution in [3.8, 4) is 0 Å². The van der Waals surface area contributed by atoms with Crippen LogP contribution >= 0.6 is 28.8 Å². The lowest BCUT2D eigenvalue weighted by Gasteiger charge is -2.28. The quantitative estimate of drug-likeness (QED) is 0.571. The number of hydrogen-bond donors (Lipinski definition) is 0. The number of nitrogens with zero attached hydrogens (tertiary/aromatic N) is 1. The average Bonchev–Trinajstić information content (AvgIpc) is 2.57. The molecule has 0 aliphatic rings. The number of thiocarbonyl (C=S) groups is 1. The molecule has 0 saturated carbocycles. The second kappa shape index (κ2) is 8.26. The van der Waals surface area contributed by atoms with Crippen LogP contribution in [0.3, 0.4) is 0 Å². The van der Waals surface area contributed by atoms with E-state index in [1.807, 2.05) is 12.1 Å². The van der Waals surface area contributed by atoms with Crippen LogP contribution in [0.15, 0.2) is 60.7 Å². The van der Waals surface area contributed by atoms with Crippen molar-refractivity contribution < 1.29 is 0 Å². The fourth-order valence-electron chi connectivity index (χ4n) is 2.15. The predicted octanol–water partition coefficient (Wildman–Crippen LogP) is 4.39. The lowest BCUT2D eigenvalue weighted by atomic mass is 10.4. The average molecular weight is 366 g/mol. The van der Waals surface area contributed by atoms with Crippen LogP contribution in [0.4, 0.5) is 0 Å². The minimum absolute atomic E-state index is 0.904. The van der Waals surface area contributed by atoms with E-state index in [9.17, 15) is 0 Å². The van der Waals surface area contributed by atoms with Gasteiger partial charge in [0.15, 0.2) is 0 Å². The Kier molecular flexibility index (Phi) is 6.64.